The maximum Gasteiger partial charge on any atom is 0.224 e. The Morgan fingerprint density at radius 2 is 2.25 bits per heavy atom. The number of aliphatic hydroxyl groups is 1. The lowest BCUT2D eigenvalue weighted by Crippen LogP contribution is -2.57. The molecule has 2 atom stereocenters. The van der Waals surface area contributed by atoms with Crippen molar-refractivity contribution >= 4 is 22.8 Å². The number of nitrogens with zero attached hydrogens (tertiary/aromatic N) is 4. The van der Waals surface area contributed by atoms with Crippen LogP contribution in [0.4, 0.5) is 11.8 Å². The second kappa shape index (κ2) is 7.09. The standard InChI is InChI=1S/C20H23N7O/c1-20(2)15(8-16(20)28)26-17-13(9-21)11-25-19(27-17)23-7-5-12-10-24-18-14(12)4-3-6-22-18/h3-4,6,10-11,15-16,28H,5,7-8H2,1-2H3,(H,22,24)(H2,23,25,26,27)/t15-,16+/m1/s1. The quantitative estimate of drug-likeness (QED) is 0.520. The Labute approximate surface area is 163 Å². The molecule has 1 saturated carbocycles. The highest BCUT2D eigenvalue weighted by molar-refractivity contribution is 5.79. The third-order valence-corrected chi connectivity index (χ3v) is 5.65. The Morgan fingerprint density at radius 3 is 3.00 bits per heavy atom. The first-order valence-electron chi connectivity index (χ1n) is 9.35. The summed E-state index contributed by atoms with van der Waals surface area (Å²) in [5.41, 5.74) is 2.19. The molecule has 0 saturated heterocycles. The van der Waals surface area contributed by atoms with Gasteiger partial charge < -0.3 is 20.7 Å². The molecule has 144 valence electrons. The van der Waals surface area contributed by atoms with Crippen LogP contribution in [0, 0.1) is 16.7 Å². The maximum absolute atomic E-state index is 9.93. The molecule has 4 N–H and O–H groups in total. The number of hydrogen-bond acceptors (Lipinski definition) is 7. The maximum atomic E-state index is 9.93. The van der Waals surface area contributed by atoms with Gasteiger partial charge >= 0.3 is 0 Å². The minimum Gasteiger partial charge on any atom is -0.392 e. The number of aromatic nitrogens is 4. The van der Waals surface area contributed by atoms with Gasteiger partial charge in [-0.05, 0) is 30.5 Å². The van der Waals surface area contributed by atoms with Gasteiger partial charge in [-0.3, -0.25) is 0 Å². The van der Waals surface area contributed by atoms with Crippen molar-refractivity contribution in [3.05, 3.63) is 41.9 Å². The van der Waals surface area contributed by atoms with Crippen LogP contribution in [-0.4, -0.2) is 43.7 Å². The summed E-state index contributed by atoms with van der Waals surface area (Å²) in [6.45, 7) is 4.66. The Kier molecular flexibility index (Phi) is 4.61. The number of anilines is 2. The molecule has 1 aliphatic carbocycles. The van der Waals surface area contributed by atoms with E-state index in [4.69, 9.17) is 0 Å². The molecule has 0 bridgehead atoms. The number of nitriles is 1. The summed E-state index contributed by atoms with van der Waals surface area (Å²) < 4.78 is 0. The van der Waals surface area contributed by atoms with E-state index in [9.17, 15) is 10.4 Å². The molecule has 0 unspecified atom stereocenters. The fourth-order valence-corrected chi connectivity index (χ4v) is 3.50. The van der Waals surface area contributed by atoms with E-state index in [1.54, 1.807) is 6.20 Å². The molecule has 8 heteroatoms. The van der Waals surface area contributed by atoms with Crippen molar-refractivity contribution in [1.82, 2.24) is 19.9 Å². The first kappa shape index (κ1) is 18.2. The zero-order valence-electron chi connectivity index (χ0n) is 15.9. The van der Waals surface area contributed by atoms with Crippen LogP contribution < -0.4 is 10.6 Å². The number of aromatic amines is 1. The number of nitrogens with one attached hydrogen (secondary N) is 3. The summed E-state index contributed by atoms with van der Waals surface area (Å²) in [6, 6.07) is 6.16. The second-order valence-corrected chi connectivity index (χ2v) is 7.73. The summed E-state index contributed by atoms with van der Waals surface area (Å²) in [6.07, 6.45) is 6.34. The van der Waals surface area contributed by atoms with Crippen LogP contribution in [0.2, 0.25) is 0 Å². The molecule has 3 aromatic rings. The van der Waals surface area contributed by atoms with Gasteiger partial charge in [0, 0.05) is 35.8 Å². The fraction of sp³-hybridized carbons (Fsp3) is 0.400. The number of hydrogen-bond donors (Lipinski definition) is 4. The zero-order valence-corrected chi connectivity index (χ0v) is 15.9. The van der Waals surface area contributed by atoms with Gasteiger partial charge in [-0.15, -0.1) is 0 Å². The molecular weight excluding hydrogens is 354 g/mol. The Morgan fingerprint density at radius 1 is 1.39 bits per heavy atom. The summed E-state index contributed by atoms with van der Waals surface area (Å²) in [4.78, 5) is 16.2. The number of H-pyrrole nitrogens is 1. The van der Waals surface area contributed by atoms with E-state index < -0.39 is 0 Å². The summed E-state index contributed by atoms with van der Waals surface area (Å²) in [5.74, 6) is 0.971. The molecule has 3 aromatic heterocycles. The van der Waals surface area contributed by atoms with Crippen molar-refractivity contribution in [2.75, 3.05) is 17.2 Å². The van der Waals surface area contributed by atoms with Gasteiger partial charge in [0.05, 0.1) is 12.3 Å². The fourth-order valence-electron chi connectivity index (χ4n) is 3.50. The molecule has 0 aliphatic heterocycles. The first-order chi connectivity index (χ1) is 13.5. The minimum atomic E-state index is -0.347. The highest BCUT2D eigenvalue weighted by Crippen LogP contribution is 2.42. The molecule has 0 aromatic carbocycles. The molecular formula is C20H23N7O. The van der Waals surface area contributed by atoms with Crippen LogP contribution in [0.5, 0.6) is 0 Å². The van der Waals surface area contributed by atoms with Gasteiger partial charge in [0.2, 0.25) is 5.95 Å². The van der Waals surface area contributed by atoms with E-state index in [0.29, 0.717) is 30.3 Å². The number of fused-ring (bicyclic) bond motifs is 1. The van der Waals surface area contributed by atoms with Crippen molar-refractivity contribution in [3.8, 4) is 6.07 Å². The van der Waals surface area contributed by atoms with Crippen molar-refractivity contribution in [1.29, 1.82) is 5.26 Å². The van der Waals surface area contributed by atoms with Gasteiger partial charge in [0.1, 0.15) is 23.1 Å². The largest absolute Gasteiger partial charge is 0.392 e. The van der Waals surface area contributed by atoms with E-state index >= 15 is 0 Å². The normalized spacial score (nSPS) is 20.4. The number of rotatable bonds is 6. The average Bonchev–Trinajstić information content (AvgIpc) is 3.11. The van der Waals surface area contributed by atoms with E-state index in [0.717, 1.165) is 17.5 Å². The monoisotopic (exact) mass is 377 g/mol. The minimum absolute atomic E-state index is 0.0658. The molecule has 8 nitrogen and oxygen atoms in total. The Bertz CT molecular complexity index is 1040. The first-order valence-corrected chi connectivity index (χ1v) is 9.35. The molecule has 0 spiro atoms. The second-order valence-electron chi connectivity index (χ2n) is 7.73. The van der Waals surface area contributed by atoms with Crippen molar-refractivity contribution < 1.29 is 5.11 Å². The van der Waals surface area contributed by atoms with Crippen LogP contribution in [0.1, 0.15) is 31.4 Å². The van der Waals surface area contributed by atoms with Gasteiger partial charge in [-0.2, -0.15) is 10.2 Å². The van der Waals surface area contributed by atoms with Crippen LogP contribution in [0.25, 0.3) is 11.0 Å². The van der Waals surface area contributed by atoms with Gasteiger partial charge in [-0.1, -0.05) is 13.8 Å². The molecule has 0 radical (unpaired) electrons. The molecule has 1 fully saturated rings. The van der Waals surface area contributed by atoms with Crippen molar-refractivity contribution in [3.63, 3.8) is 0 Å². The lowest BCUT2D eigenvalue weighted by atomic mass is 9.64. The molecule has 0 amide bonds. The van der Waals surface area contributed by atoms with Crippen molar-refractivity contribution in [2.24, 2.45) is 5.41 Å². The van der Waals surface area contributed by atoms with Gasteiger partial charge in [0.25, 0.3) is 0 Å². The molecule has 4 rings (SSSR count). The highest BCUT2D eigenvalue weighted by Gasteiger charge is 2.47. The van der Waals surface area contributed by atoms with Gasteiger partial charge in [0.15, 0.2) is 0 Å². The van der Waals surface area contributed by atoms with Crippen LogP contribution in [-0.2, 0) is 6.42 Å². The Hall–Kier alpha value is -3.18. The molecule has 1 aliphatic rings. The number of pyridine rings is 1. The van der Waals surface area contributed by atoms with E-state index in [1.165, 1.54) is 11.8 Å². The number of aliphatic hydroxyl groups excluding tert-OH is 1. The predicted molar refractivity (Wildman–Crippen MR) is 107 cm³/mol. The molecule has 3 heterocycles. The summed E-state index contributed by atoms with van der Waals surface area (Å²) in [7, 11) is 0. The third kappa shape index (κ3) is 3.25. The predicted octanol–water partition coefficient (Wildman–Crippen LogP) is 2.45. The highest BCUT2D eigenvalue weighted by atomic mass is 16.3. The zero-order chi connectivity index (χ0) is 19.7. The molecule has 28 heavy (non-hydrogen) atoms. The van der Waals surface area contributed by atoms with Crippen LogP contribution >= 0.6 is 0 Å². The topological polar surface area (TPSA) is 123 Å². The van der Waals surface area contributed by atoms with Crippen LogP contribution in [0.15, 0.2) is 30.7 Å². The smallest absolute Gasteiger partial charge is 0.224 e. The van der Waals surface area contributed by atoms with E-state index in [2.05, 4.69) is 36.6 Å². The van der Waals surface area contributed by atoms with Gasteiger partial charge in [-0.25, -0.2) is 9.97 Å². The SMILES string of the molecule is CC1(C)[C@@H](O)C[C@H]1Nc1nc(NCCc2c[nH]c3ncccc23)ncc1C#N. The Balaban J connectivity index is 1.43. The van der Waals surface area contributed by atoms with E-state index in [-0.39, 0.29) is 17.6 Å². The lowest BCUT2D eigenvalue weighted by Gasteiger charge is -2.49. The third-order valence-electron chi connectivity index (χ3n) is 5.65. The van der Waals surface area contributed by atoms with Crippen LogP contribution in [0.3, 0.4) is 0 Å². The summed E-state index contributed by atoms with van der Waals surface area (Å²) >= 11 is 0. The average molecular weight is 377 g/mol. The van der Waals surface area contributed by atoms with E-state index in [1.807, 2.05) is 32.2 Å². The lowest BCUT2D eigenvalue weighted by molar-refractivity contribution is -0.0511. The summed E-state index contributed by atoms with van der Waals surface area (Å²) in [5, 5.41) is 26.9. The van der Waals surface area contributed by atoms with Crippen molar-refractivity contribution in [2.45, 2.75) is 38.8 Å².